The van der Waals surface area contributed by atoms with E-state index in [1.807, 2.05) is 0 Å². The zero-order valence-corrected chi connectivity index (χ0v) is 21.7. The minimum atomic E-state index is -4.12. The Kier molecular flexibility index (Phi) is 7.02. The Labute approximate surface area is 212 Å². The zero-order chi connectivity index (χ0) is 27.0. The molecule has 3 aromatic heterocycles. The van der Waals surface area contributed by atoms with E-state index in [9.17, 15) is 17.9 Å². The molecular formula is C24H26FN5O6S. The largest absolute Gasteiger partial charge is 0.494 e. The molecule has 0 aliphatic carbocycles. The van der Waals surface area contributed by atoms with Gasteiger partial charge in [0.1, 0.15) is 34.3 Å². The number of hydrogen-bond acceptors (Lipinski definition) is 10. The fourth-order valence-corrected chi connectivity index (χ4v) is 5.42. The van der Waals surface area contributed by atoms with E-state index in [4.69, 9.17) is 13.9 Å². The lowest BCUT2D eigenvalue weighted by atomic mass is 10.0. The number of para-hydroxylation sites is 1. The van der Waals surface area contributed by atoms with Crippen molar-refractivity contribution in [2.75, 3.05) is 14.2 Å². The van der Waals surface area contributed by atoms with Gasteiger partial charge in [-0.25, -0.2) is 22.8 Å². The average molecular weight is 532 g/mol. The predicted molar refractivity (Wildman–Crippen MR) is 131 cm³/mol. The Morgan fingerprint density at radius 1 is 1.11 bits per heavy atom. The van der Waals surface area contributed by atoms with E-state index < -0.39 is 32.3 Å². The number of halogens is 1. The van der Waals surface area contributed by atoms with Gasteiger partial charge in [-0.2, -0.15) is 0 Å². The van der Waals surface area contributed by atoms with Gasteiger partial charge in [-0.3, -0.25) is 4.57 Å². The molecule has 1 N–H and O–H groups in total. The highest BCUT2D eigenvalue weighted by atomic mass is 32.2. The molecule has 196 valence electrons. The number of aromatic nitrogens is 5. The quantitative estimate of drug-likeness (QED) is 0.342. The molecule has 2 atom stereocenters. The Balaban J connectivity index is 1.84. The third-order valence-electron chi connectivity index (χ3n) is 6.05. The second-order valence-corrected chi connectivity index (χ2v) is 10.8. The zero-order valence-electron chi connectivity index (χ0n) is 20.8. The normalized spacial score (nSPS) is 14.2. The second-order valence-electron chi connectivity index (χ2n) is 8.52. The second kappa shape index (κ2) is 9.90. The summed E-state index contributed by atoms with van der Waals surface area (Å²) in [6.07, 6.45) is 1.72. The van der Waals surface area contributed by atoms with Crippen LogP contribution in [0.1, 0.15) is 31.3 Å². The van der Waals surface area contributed by atoms with Crippen molar-refractivity contribution in [1.82, 2.24) is 24.7 Å². The molecule has 3 heterocycles. The maximum atomic E-state index is 13.6. The molecule has 0 radical (unpaired) electrons. The summed E-state index contributed by atoms with van der Waals surface area (Å²) in [5.74, 6) is 0.399. The summed E-state index contributed by atoms with van der Waals surface area (Å²) in [7, 11) is -1.18. The van der Waals surface area contributed by atoms with Crippen LogP contribution in [0.4, 0.5) is 4.39 Å². The number of rotatable bonds is 9. The summed E-state index contributed by atoms with van der Waals surface area (Å²) in [6, 6.07) is 8.53. The summed E-state index contributed by atoms with van der Waals surface area (Å²) in [6.45, 7) is 4.34. The van der Waals surface area contributed by atoms with Crippen molar-refractivity contribution >= 4 is 9.84 Å². The molecular weight excluding hydrogens is 505 g/mol. The minimum Gasteiger partial charge on any atom is -0.494 e. The first-order valence-corrected chi connectivity index (χ1v) is 12.9. The summed E-state index contributed by atoms with van der Waals surface area (Å²) in [4.78, 5) is 7.54. The molecule has 0 saturated heterocycles. The Hall–Kier alpha value is -3.84. The molecule has 37 heavy (non-hydrogen) atoms. The summed E-state index contributed by atoms with van der Waals surface area (Å²) in [5, 5.41) is 18.1. The molecule has 11 nitrogen and oxygen atoms in total. The lowest BCUT2D eigenvalue weighted by Crippen LogP contribution is -2.42. The molecule has 0 spiro atoms. The summed E-state index contributed by atoms with van der Waals surface area (Å²) < 4.78 is 58.8. The lowest BCUT2D eigenvalue weighted by molar-refractivity contribution is 0.0467. The number of sulfone groups is 1. The Morgan fingerprint density at radius 3 is 2.27 bits per heavy atom. The van der Waals surface area contributed by atoms with Crippen LogP contribution in [-0.4, -0.2) is 57.7 Å². The van der Waals surface area contributed by atoms with Crippen LogP contribution < -0.4 is 9.47 Å². The molecule has 1 aromatic carbocycles. The number of furan rings is 1. The highest BCUT2D eigenvalue weighted by Gasteiger charge is 2.42. The monoisotopic (exact) mass is 531 g/mol. The molecule has 0 bridgehead atoms. The van der Waals surface area contributed by atoms with Crippen molar-refractivity contribution in [2.24, 2.45) is 0 Å². The van der Waals surface area contributed by atoms with E-state index in [1.165, 1.54) is 32.6 Å². The van der Waals surface area contributed by atoms with Crippen LogP contribution in [0.3, 0.4) is 0 Å². The SMILES string of the molecule is COc1cccc(OC)c1-n1c(CS(=O)(=O)[C@@H](C)[C@](C)(O)c2ncc(F)cn2)nnc1-c1ccc(C)o1. The molecule has 0 amide bonds. The van der Waals surface area contributed by atoms with Gasteiger partial charge in [0, 0.05) is 0 Å². The van der Waals surface area contributed by atoms with Crippen LogP contribution in [-0.2, 0) is 21.2 Å². The summed E-state index contributed by atoms with van der Waals surface area (Å²) in [5.41, 5.74) is -1.66. The standard InChI is InChI=1S/C24H26FN5O6S/c1-14-9-10-19(36-14)22-29-28-20(30(22)21-17(34-4)7-6-8-18(21)35-5)13-37(32,33)15(2)24(3,31)23-26-11-16(25)12-27-23/h6-12,15,31H,13H2,1-5H3/t15-,24-/m0/s1. The summed E-state index contributed by atoms with van der Waals surface area (Å²) >= 11 is 0. The number of hydrogen-bond donors (Lipinski definition) is 1. The van der Waals surface area contributed by atoms with Crippen LogP contribution in [0.25, 0.3) is 17.3 Å². The van der Waals surface area contributed by atoms with Gasteiger partial charge in [0.25, 0.3) is 0 Å². The van der Waals surface area contributed by atoms with Crippen LogP contribution in [0.2, 0.25) is 0 Å². The van der Waals surface area contributed by atoms with Gasteiger partial charge in [-0.1, -0.05) is 6.07 Å². The van der Waals surface area contributed by atoms with Crippen molar-refractivity contribution in [2.45, 2.75) is 37.4 Å². The molecule has 0 aliphatic rings. The van der Waals surface area contributed by atoms with Crippen LogP contribution in [0, 0.1) is 12.7 Å². The maximum Gasteiger partial charge on any atom is 0.204 e. The Bertz CT molecular complexity index is 1490. The number of ether oxygens (including phenoxy) is 2. The maximum absolute atomic E-state index is 13.6. The van der Waals surface area contributed by atoms with Gasteiger partial charge < -0.3 is 19.0 Å². The average Bonchev–Trinajstić information content (AvgIpc) is 3.48. The van der Waals surface area contributed by atoms with Gasteiger partial charge in [0.15, 0.2) is 33.1 Å². The van der Waals surface area contributed by atoms with E-state index in [-0.39, 0.29) is 17.5 Å². The highest BCUT2D eigenvalue weighted by Crippen LogP contribution is 2.37. The third-order valence-corrected chi connectivity index (χ3v) is 8.25. The first-order valence-electron chi connectivity index (χ1n) is 11.1. The van der Waals surface area contributed by atoms with E-state index in [2.05, 4.69) is 20.2 Å². The van der Waals surface area contributed by atoms with Gasteiger partial charge in [0.2, 0.25) is 5.82 Å². The van der Waals surface area contributed by atoms with Gasteiger partial charge >= 0.3 is 0 Å². The van der Waals surface area contributed by atoms with Crippen molar-refractivity contribution < 1.29 is 31.8 Å². The molecule has 0 fully saturated rings. The number of aliphatic hydroxyl groups is 1. The van der Waals surface area contributed by atoms with Crippen molar-refractivity contribution in [1.29, 1.82) is 0 Å². The van der Waals surface area contributed by atoms with Gasteiger partial charge in [-0.15, -0.1) is 10.2 Å². The molecule has 0 unspecified atom stereocenters. The lowest BCUT2D eigenvalue weighted by Gasteiger charge is -2.28. The molecule has 4 aromatic rings. The van der Waals surface area contributed by atoms with Crippen LogP contribution >= 0.6 is 0 Å². The molecule has 0 saturated carbocycles. The van der Waals surface area contributed by atoms with E-state index in [1.54, 1.807) is 37.3 Å². The first-order chi connectivity index (χ1) is 17.5. The van der Waals surface area contributed by atoms with Crippen LogP contribution in [0.5, 0.6) is 11.5 Å². The third kappa shape index (κ3) is 4.91. The minimum absolute atomic E-state index is 0.0227. The molecule has 13 heteroatoms. The first kappa shape index (κ1) is 26.2. The smallest absolute Gasteiger partial charge is 0.204 e. The van der Waals surface area contributed by atoms with Crippen molar-refractivity contribution in [3.05, 3.63) is 66.0 Å². The van der Waals surface area contributed by atoms with Crippen LogP contribution in [0.15, 0.2) is 47.1 Å². The number of aryl methyl sites for hydroxylation is 1. The number of methoxy groups -OCH3 is 2. The highest BCUT2D eigenvalue weighted by molar-refractivity contribution is 7.91. The number of benzene rings is 1. The molecule has 0 aliphatic heterocycles. The van der Waals surface area contributed by atoms with E-state index in [0.717, 1.165) is 12.4 Å². The fraction of sp³-hybridized carbons (Fsp3) is 0.333. The van der Waals surface area contributed by atoms with Gasteiger partial charge in [-0.05, 0) is 45.0 Å². The van der Waals surface area contributed by atoms with Crippen molar-refractivity contribution in [3.8, 4) is 28.8 Å². The molecule has 4 rings (SSSR count). The van der Waals surface area contributed by atoms with E-state index in [0.29, 0.717) is 28.7 Å². The topological polar surface area (TPSA) is 142 Å². The fourth-order valence-electron chi connectivity index (χ4n) is 3.82. The predicted octanol–water partition coefficient (Wildman–Crippen LogP) is 2.99. The van der Waals surface area contributed by atoms with E-state index >= 15 is 0 Å². The number of nitrogens with zero attached hydrogens (tertiary/aromatic N) is 5. The van der Waals surface area contributed by atoms with Gasteiger partial charge in [0.05, 0.1) is 31.9 Å². The Morgan fingerprint density at radius 2 is 1.73 bits per heavy atom. The van der Waals surface area contributed by atoms with Crippen molar-refractivity contribution in [3.63, 3.8) is 0 Å².